The number of rotatable bonds is 5. The zero-order valence-electron chi connectivity index (χ0n) is 14.9. The van der Waals surface area contributed by atoms with Crippen molar-refractivity contribution < 1.29 is 4.79 Å². The Kier molecular flexibility index (Phi) is 4.73. The number of fused-ring (bicyclic) bond motifs is 3. The number of Topliss-reactive ketones (excluding diaryl/α,β-unsaturated/α-hetero) is 1. The molecular formula is C22H18ClN3O. The van der Waals surface area contributed by atoms with E-state index in [-0.39, 0.29) is 5.78 Å². The van der Waals surface area contributed by atoms with Crippen LogP contribution in [0.5, 0.6) is 0 Å². The number of anilines is 2. The molecule has 2 heterocycles. The maximum absolute atomic E-state index is 12.3. The standard InChI is InChI=1S/C22H18ClN3O/c1-2-4-21(27)14-7-8-17-19-13-24-10-9-18(19)22(26-20(17)11-14)25-16-6-3-5-15(23)12-16/h3,5-13H,2,4H2,1H3,(H,25,26). The van der Waals surface area contributed by atoms with Gasteiger partial charge in [0.2, 0.25) is 0 Å². The maximum Gasteiger partial charge on any atom is 0.162 e. The first-order valence-electron chi connectivity index (χ1n) is 8.89. The van der Waals surface area contributed by atoms with Gasteiger partial charge in [0.15, 0.2) is 5.78 Å². The van der Waals surface area contributed by atoms with E-state index in [0.29, 0.717) is 22.8 Å². The molecule has 4 rings (SSSR count). The second-order valence-corrected chi connectivity index (χ2v) is 6.86. The molecule has 0 aliphatic heterocycles. The SMILES string of the molecule is CCCC(=O)c1ccc2c(c1)nc(Nc1cccc(Cl)c1)c1ccncc12. The third-order valence-corrected chi connectivity index (χ3v) is 4.72. The van der Waals surface area contributed by atoms with Crippen LogP contribution in [0.25, 0.3) is 21.7 Å². The first kappa shape index (κ1) is 17.4. The van der Waals surface area contributed by atoms with Gasteiger partial charge < -0.3 is 5.32 Å². The fourth-order valence-corrected chi connectivity index (χ4v) is 3.38. The Labute approximate surface area is 162 Å². The van der Waals surface area contributed by atoms with Crippen LogP contribution >= 0.6 is 11.6 Å². The van der Waals surface area contributed by atoms with Crippen molar-refractivity contribution in [3.8, 4) is 0 Å². The number of benzene rings is 2. The normalized spacial score (nSPS) is 11.0. The molecule has 0 bridgehead atoms. The Morgan fingerprint density at radius 1 is 1.07 bits per heavy atom. The Bertz CT molecular complexity index is 1160. The van der Waals surface area contributed by atoms with E-state index in [0.717, 1.165) is 33.8 Å². The maximum atomic E-state index is 12.3. The third kappa shape index (κ3) is 3.49. The molecule has 2 aromatic carbocycles. The molecule has 0 aliphatic rings. The van der Waals surface area contributed by atoms with Crippen LogP contribution < -0.4 is 5.32 Å². The van der Waals surface area contributed by atoms with Crippen molar-refractivity contribution in [3.05, 3.63) is 71.5 Å². The fraction of sp³-hybridized carbons (Fsp3) is 0.136. The molecule has 0 radical (unpaired) electrons. The number of hydrogen-bond donors (Lipinski definition) is 1. The second-order valence-electron chi connectivity index (χ2n) is 6.42. The smallest absolute Gasteiger partial charge is 0.162 e. The number of nitrogens with one attached hydrogen (secondary N) is 1. The first-order chi connectivity index (χ1) is 13.2. The molecule has 0 amide bonds. The van der Waals surface area contributed by atoms with Gasteiger partial charge in [-0.2, -0.15) is 0 Å². The molecule has 134 valence electrons. The van der Waals surface area contributed by atoms with Crippen LogP contribution in [0.4, 0.5) is 11.5 Å². The zero-order chi connectivity index (χ0) is 18.8. The van der Waals surface area contributed by atoms with Gasteiger partial charge in [0.05, 0.1) is 5.52 Å². The average Bonchev–Trinajstić information content (AvgIpc) is 2.68. The first-order valence-corrected chi connectivity index (χ1v) is 9.27. The van der Waals surface area contributed by atoms with Gasteiger partial charge in [0.25, 0.3) is 0 Å². The quantitative estimate of drug-likeness (QED) is 0.335. The van der Waals surface area contributed by atoms with Crippen molar-refractivity contribution in [1.29, 1.82) is 0 Å². The number of carbonyl (C=O) groups excluding carboxylic acids is 1. The summed E-state index contributed by atoms with van der Waals surface area (Å²) in [6.07, 6.45) is 4.94. The van der Waals surface area contributed by atoms with E-state index in [2.05, 4.69) is 10.3 Å². The van der Waals surface area contributed by atoms with Crippen LogP contribution in [0.1, 0.15) is 30.1 Å². The highest BCUT2D eigenvalue weighted by molar-refractivity contribution is 6.30. The molecule has 0 fully saturated rings. The highest BCUT2D eigenvalue weighted by atomic mass is 35.5. The summed E-state index contributed by atoms with van der Waals surface area (Å²) in [5.74, 6) is 0.846. The Balaban J connectivity index is 1.89. The van der Waals surface area contributed by atoms with E-state index in [1.54, 1.807) is 6.20 Å². The topological polar surface area (TPSA) is 54.9 Å². The fourth-order valence-electron chi connectivity index (χ4n) is 3.19. The number of pyridine rings is 2. The highest BCUT2D eigenvalue weighted by Crippen LogP contribution is 2.31. The van der Waals surface area contributed by atoms with Gasteiger partial charge in [-0.25, -0.2) is 4.98 Å². The van der Waals surface area contributed by atoms with Crippen molar-refractivity contribution in [2.45, 2.75) is 19.8 Å². The van der Waals surface area contributed by atoms with Crippen LogP contribution in [0.15, 0.2) is 60.9 Å². The predicted octanol–water partition coefficient (Wildman–Crippen LogP) is 6.16. The van der Waals surface area contributed by atoms with E-state index in [1.807, 2.05) is 61.7 Å². The van der Waals surface area contributed by atoms with Crippen molar-refractivity contribution in [1.82, 2.24) is 9.97 Å². The van der Waals surface area contributed by atoms with Crippen molar-refractivity contribution in [3.63, 3.8) is 0 Å². The average molecular weight is 376 g/mol. The lowest BCUT2D eigenvalue weighted by atomic mass is 10.0. The van der Waals surface area contributed by atoms with Crippen LogP contribution in [0.2, 0.25) is 5.02 Å². The van der Waals surface area contributed by atoms with Crippen LogP contribution in [0.3, 0.4) is 0 Å². The summed E-state index contributed by atoms with van der Waals surface area (Å²) in [6, 6.07) is 15.1. The van der Waals surface area contributed by atoms with Crippen LogP contribution in [-0.2, 0) is 0 Å². The Morgan fingerprint density at radius 2 is 1.96 bits per heavy atom. The largest absolute Gasteiger partial charge is 0.340 e. The summed E-state index contributed by atoms with van der Waals surface area (Å²) >= 11 is 6.10. The molecule has 5 heteroatoms. The van der Waals surface area contributed by atoms with E-state index >= 15 is 0 Å². The van der Waals surface area contributed by atoms with Crippen molar-refractivity contribution in [2.75, 3.05) is 5.32 Å². The van der Waals surface area contributed by atoms with Crippen molar-refractivity contribution in [2.24, 2.45) is 0 Å². The minimum absolute atomic E-state index is 0.136. The summed E-state index contributed by atoms with van der Waals surface area (Å²) in [5.41, 5.74) is 2.31. The van der Waals surface area contributed by atoms with E-state index in [1.165, 1.54) is 0 Å². The lowest BCUT2D eigenvalue weighted by Crippen LogP contribution is -2.00. The number of aromatic nitrogens is 2. The van der Waals surface area contributed by atoms with Gasteiger partial charge in [0.1, 0.15) is 5.82 Å². The molecule has 0 aliphatic carbocycles. The monoisotopic (exact) mass is 375 g/mol. The van der Waals surface area contributed by atoms with E-state index in [4.69, 9.17) is 16.6 Å². The molecule has 2 aromatic heterocycles. The molecular weight excluding hydrogens is 358 g/mol. The highest BCUT2D eigenvalue weighted by Gasteiger charge is 2.12. The number of carbonyl (C=O) groups is 1. The molecule has 0 saturated carbocycles. The minimum Gasteiger partial charge on any atom is -0.340 e. The molecule has 0 saturated heterocycles. The van der Waals surface area contributed by atoms with E-state index in [9.17, 15) is 4.79 Å². The van der Waals surface area contributed by atoms with Gasteiger partial charge in [-0.15, -0.1) is 0 Å². The molecule has 0 spiro atoms. The Hall–Kier alpha value is -2.98. The molecule has 1 N–H and O–H groups in total. The third-order valence-electron chi connectivity index (χ3n) is 4.48. The summed E-state index contributed by atoms with van der Waals surface area (Å²) in [6.45, 7) is 2.00. The Morgan fingerprint density at radius 3 is 2.78 bits per heavy atom. The summed E-state index contributed by atoms with van der Waals surface area (Å²) in [4.78, 5) is 21.4. The van der Waals surface area contributed by atoms with Gasteiger partial charge >= 0.3 is 0 Å². The zero-order valence-corrected chi connectivity index (χ0v) is 15.6. The van der Waals surface area contributed by atoms with Crippen molar-refractivity contribution >= 4 is 50.6 Å². The number of ketones is 1. The predicted molar refractivity (Wildman–Crippen MR) is 111 cm³/mol. The van der Waals surface area contributed by atoms with E-state index < -0.39 is 0 Å². The van der Waals surface area contributed by atoms with Crippen LogP contribution in [-0.4, -0.2) is 15.8 Å². The summed E-state index contributed by atoms with van der Waals surface area (Å²) < 4.78 is 0. The molecule has 4 aromatic rings. The number of nitrogens with zero attached hydrogens (tertiary/aromatic N) is 2. The number of hydrogen-bond acceptors (Lipinski definition) is 4. The molecule has 4 nitrogen and oxygen atoms in total. The van der Waals surface area contributed by atoms with Gasteiger partial charge in [-0.1, -0.05) is 36.7 Å². The lowest BCUT2D eigenvalue weighted by Gasteiger charge is -2.12. The second kappa shape index (κ2) is 7.33. The summed E-state index contributed by atoms with van der Waals surface area (Å²) in [5, 5.41) is 6.92. The molecule has 0 atom stereocenters. The number of halogens is 1. The van der Waals surface area contributed by atoms with Crippen LogP contribution in [0, 0.1) is 0 Å². The molecule has 0 unspecified atom stereocenters. The molecule has 27 heavy (non-hydrogen) atoms. The van der Waals surface area contributed by atoms with Gasteiger partial charge in [-0.3, -0.25) is 9.78 Å². The lowest BCUT2D eigenvalue weighted by molar-refractivity contribution is 0.0982. The minimum atomic E-state index is 0.136. The van der Waals surface area contributed by atoms with Gasteiger partial charge in [0, 0.05) is 51.2 Å². The van der Waals surface area contributed by atoms with Gasteiger partial charge in [-0.05, 0) is 36.8 Å². The summed E-state index contributed by atoms with van der Waals surface area (Å²) in [7, 11) is 0.